The summed E-state index contributed by atoms with van der Waals surface area (Å²) in [6.07, 6.45) is 0.213. The van der Waals surface area contributed by atoms with Crippen LogP contribution in [0.15, 0.2) is 30.3 Å². The monoisotopic (exact) mass is 251 g/mol. The van der Waals surface area contributed by atoms with Gasteiger partial charge in [0.05, 0.1) is 6.42 Å². The van der Waals surface area contributed by atoms with E-state index in [1.807, 2.05) is 30.3 Å². The van der Waals surface area contributed by atoms with Crippen molar-refractivity contribution in [3.05, 3.63) is 35.9 Å². The number of rotatable bonds is 8. The van der Waals surface area contributed by atoms with Crippen LogP contribution in [-0.4, -0.2) is 31.6 Å². The zero-order valence-electron chi connectivity index (χ0n) is 10.5. The maximum Gasteiger partial charge on any atom is 0.307 e. The highest BCUT2D eigenvalue weighted by molar-refractivity contribution is 5.70. The Bertz CT molecular complexity index is 343. The summed E-state index contributed by atoms with van der Waals surface area (Å²) in [6, 6.07) is 9.33. The van der Waals surface area contributed by atoms with Crippen LogP contribution in [0.4, 0.5) is 0 Å². The molecule has 1 atom stereocenters. The van der Waals surface area contributed by atoms with E-state index in [0.717, 1.165) is 5.56 Å². The van der Waals surface area contributed by atoms with Crippen molar-refractivity contribution < 1.29 is 9.53 Å². The van der Waals surface area contributed by atoms with Crippen molar-refractivity contribution >= 4 is 5.97 Å². The number of benzene rings is 1. The molecule has 5 heteroatoms. The van der Waals surface area contributed by atoms with E-state index in [1.54, 1.807) is 0 Å². The Morgan fingerprint density at radius 2 is 2.06 bits per heavy atom. The summed E-state index contributed by atoms with van der Waals surface area (Å²) >= 11 is 0. The fraction of sp³-hybridized carbons (Fsp3) is 0.462. The lowest BCUT2D eigenvalue weighted by atomic mass is 10.2. The van der Waals surface area contributed by atoms with Gasteiger partial charge < -0.3 is 21.5 Å². The molecule has 0 saturated heterocycles. The van der Waals surface area contributed by atoms with Gasteiger partial charge in [0.15, 0.2) is 0 Å². The standard InChI is InChI=1S/C13H21N3O2/c14-6-7-16-9-12(15)8-13(17)18-10-11-4-2-1-3-5-11/h1-5,12,16H,6-10,14-15H2. The molecule has 18 heavy (non-hydrogen) atoms. The average molecular weight is 251 g/mol. The van der Waals surface area contributed by atoms with Crippen LogP contribution >= 0.6 is 0 Å². The minimum absolute atomic E-state index is 0.213. The van der Waals surface area contributed by atoms with Crippen molar-refractivity contribution in [2.75, 3.05) is 19.6 Å². The van der Waals surface area contributed by atoms with Crippen LogP contribution in [0.2, 0.25) is 0 Å². The lowest BCUT2D eigenvalue weighted by Gasteiger charge is -2.12. The third-order valence-electron chi connectivity index (χ3n) is 2.40. The van der Waals surface area contributed by atoms with E-state index < -0.39 is 0 Å². The van der Waals surface area contributed by atoms with Gasteiger partial charge in [0, 0.05) is 25.7 Å². The fourth-order valence-corrected chi connectivity index (χ4v) is 1.47. The van der Waals surface area contributed by atoms with Crippen molar-refractivity contribution in [1.82, 2.24) is 5.32 Å². The van der Waals surface area contributed by atoms with E-state index in [4.69, 9.17) is 16.2 Å². The van der Waals surface area contributed by atoms with Crippen molar-refractivity contribution in [3.63, 3.8) is 0 Å². The minimum atomic E-state index is -0.277. The molecule has 1 aromatic rings. The van der Waals surface area contributed by atoms with Gasteiger partial charge in [0.2, 0.25) is 0 Å². The average Bonchev–Trinajstić information content (AvgIpc) is 2.38. The maximum atomic E-state index is 11.5. The van der Waals surface area contributed by atoms with Gasteiger partial charge in [-0.15, -0.1) is 0 Å². The molecule has 0 amide bonds. The summed E-state index contributed by atoms with van der Waals surface area (Å²) < 4.78 is 5.13. The van der Waals surface area contributed by atoms with Crippen LogP contribution in [0.5, 0.6) is 0 Å². The number of esters is 1. The molecule has 5 nitrogen and oxygen atoms in total. The van der Waals surface area contributed by atoms with Gasteiger partial charge in [-0.1, -0.05) is 30.3 Å². The van der Waals surface area contributed by atoms with Crippen molar-refractivity contribution in [1.29, 1.82) is 0 Å². The highest BCUT2D eigenvalue weighted by Crippen LogP contribution is 2.02. The van der Waals surface area contributed by atoms with Crippen LogP contribution in [0.25, 0.3) is 0 Å². The first-order valence-corrected chi connectivity index (χ1v) is 6.08. The molecule has 0 radical (unpaired) electrons. The predicted molar refractivity (Wildman–Crippen MR) is 70.8 cm³/mol. The molecule has 1 aromatic carbocycles. The number of carbonyl (C=O) groups is 1. The van der Waals surface area contributed by atoms with Gasteiger partial charge in [0.25, 0.3) is 0 Å². The second-order valence-electron chi connectivity index (χ2n) is 4.10. The Labute approximate surface area is 107 Å². The number of hydrogen-bond acceptors (Lipinski definition) is 5. The predicted octanol–water partition coefficient (Wildman–Crippen LogP) is -0.00450. The van der Waals surface area contributed by atoms with Gasteiger partial charge in [-0.05, 0) is 5.56 Å². The smallest absolute Gasteiger partial charge is 0.307 e. The lowest BCUT2D eigenvalue weighted by molar-refractivity contribution is -0.145. The number of nitrogens with two attached hydrogens (primary N) is 2. The molecule has 0 aliphatic rings. The topological polar surface area (TPSA) is 90.4 Å². The summed E-state index contributed by atoms with van der Waals surface area (Å²) in [4.78, 5) is 11.5. The number of nitrogens with one attached hydrogen (secondary N) is 1. The van der Waals surface area contributed by atoms with Crippen LogP contribution < -0.4 is 16.8 Å². The normalized spacial score (nSPS) is 12.1. The van der Waals surface area contributed by atoms with E-state index in [0.29, 0.717) is 26.2 Å². The third kappa shape index (κ3) is 6.34. The van der Waals surface area contributed by atoms with Crippen LogP contribution in [0.3, 0.4) is 0 Å². The maximum absolute atomic E-state index is 11.5. The Hall–Kier alpha value is -1.43. The summed E-state index contributed by atoms with van der Waals surface area (Å²) in [5, 5.41) is 3.06. The summed E-state index contributed by atoms with van der Waals surface area (Å²) in [5.74, 6) is -0.277. The second-order valence-corrected chi connectivity index (χ2v) is 4.10. The zero-order chi connectivity index (χ0) is 13.2. The molecule has 0 aliphatic heterocycles. The molecule has 0 spiro atoms. The highest BCUT2D eigenvalue weighted by Gasteiger charge is 2.10. The Morgan fingerprint density at radius 1 is 1.33 bits per heavy atom. The first-order valence-electron chi connectivity index (χ1n) is 6.08. The summed E-state index contributed by atoms with van der Waals surface area (Å²) in [7, 11) is 0. The van der Waals surface area contributed by atoms with Gasteiger partial charge >= 0.3 is 5.97 Å². The lowest BCUT2D eigenvalue weighted by Crippen LogP contribution is -2.37. The fourth-order valence-electron chi connectivity index (χ4n) is 1.47. The number of carbonyl (C=O) groups excluding carboxylic acids is 1. The van der Waals surface area contributed by atoms with Gasteiger partial charge in [0.1, 0.15) is 6.61 Å². The highest BCUT2D eigenvalue weighted by atomic mass is 16.5. The van der Waals surface area contributed by atoms with Crippen LogP contribution in [-0.2, 0) is 16.1 Å². The van der Waals surface area contributed by atoms with Crippen molar-refractivity contribution in [2.45, 2.75) is 19.1 Å². The van der Waals surface area contributed by atoms with E-state index >= 15 is 0 Å². The van der Waals surface area contributed by atoms with E-state index in [1.165, 1.54) is 0 Å². The molecular weight excluding hydrogens is 230 g/mol. The van der Waals surface area contributed by atoms with Crippen LogP contribution in [0, 0.1) is 0 Å². The Morgan fingerprint density at radius 3 is 2.72 bits per heavy atom. The summed E-state index contributed by atoms with van der Waals surface area (Å²) in [5.41, 5.74) is 12.1. The molecule has 0 fully saturated rings. The van der Waals surface area contributed by atoms with Gasteiger partial charge in [-0.25, -0.2) is 0 Å². The molecule has 0 aromatic heterocycles. The molecule has 0 aliphatic carbocycles. The number of ether oxygens (including phenoxy) is 1. The Balaban J connectivity index is 2.17. The molecule has 0 saturated carbocycles. The largest absolute Gasteiger partial charge is 0.461 e. The quantitative estimate of drug-likeness (QED) is 0.447. The molecule has 1 unspecified atom stereocenters. The van der Waals surface area contributed by atoms with Crippen molar-refractivity contribution in [3.8, 4) is 0 Å². The third-order valence-corrected chi connectivity index (χ3v) is 2.40. The number of hydrogen-bond donors (Lipinski definition) is 3. The van der Waals surface area contributed by atoms with E-state index in [9.17, 15) is 4.79 Å². The molecule has 100 valence electrons. The molecule has 0 heterocycles. The molecule has 5 N–H and O–H groups in total. The SMILES string of the molecule is NCCNCC(N)CC(=O)OCc1ccccc1. The summed E-state index contributed by atoms with van der Waals surface area (Å²) in [6.45, 7) is 2.12. The minimum Gasteiger partial charge on any atom is -0.461 e. The van der Waals surface area contributed by atoms with Gasteiger partial charge in [-0.2, -0.15) is 0 Å². The van der Waals surface area contributed by atoms with Crippen molar-refractivity contribution in [2.24, 2.45) is 11.5 Å². The molecular formula is C13H21N3O2. The van der Waals surface area contributed by atoms with E-state index in [-0.39, 0.29) is 18.4 Å². The zero-order valence-corrected chi connectivity index (χ0v) is 10.5. The first-order chi connectivity index (χ1) is 8.72. The molecule has 0 bridgehead atoms. The van der Waals surface area contributed by atoms with Gasteiger partial charge in [-0.3, -0.25) is 4.79 Å². The molecule has 1 rings (SSSR count). The Kier molecular flexibility index (Phi) is 7.01. The van der Waals surface area contributed by atoms with E-state index in [2.05, 4.69) is 5.32 Å². The second kappa shape index (κ2) is 8.63. The van der Waals surface area contributed by atoms with Crippen LogP contribution in [0.1, 0.15) is 12.0 Å². The first kappa shape index (κ1) is 14.6.